The average Bonchev–Trinajstić information content (AvgIpc) is 3.52. The fraction of sp³-hybridized carbons (Fsp3) is 0.556. The first-order valence-corrected chi connectivity index (χ1v) is 12.8. The van der Waals surface area contributed by atoms with Gasteiger partial charge in [-0.3, -0.25) is 24.0 Å². The number of aromatic nitrogens is 3. The van der Waals surface area contributed by atoms with E-state index in [4.69, 9.17) is 14.6 Å². The lowest BCUT2D eigenvalue weighted by atomic mass is 9.79. The molecule has 0 aliphatic carbocycles. The van der Waals surface area contributed by atoms with Crippen molar-refractivity contribution in [3.63, 3.8) is 0 Å². The minimum absolute atomic E-state index is 0.0380. The van der Waals surface area contributed by atoms with E-state index in [-0.39, 0.29) is 25.3 Å². The van der Waals surface area contributed by atoms with Crippen LogP contribution in [-0.4, -0.2) is 79.6 Å². The third-order valence-corrected chi connectivity index (χ3v) is 6.93. The Morgan fingerprint density at radius 2 is 2.05 bits per heavy atom. The summed E-state index contributed by atoms with van der Waals surface area (Å²) in [6.45, 7) is 5.00. The summed E-state index contributed by atoms with van der Waals surface area (Å²) in [6, 6.07) is 2.45. The van der Waals surface area contributed by atoms with Gasteiger partial charge in [0.15, 0.2) is 5.82 Å². The molecule has 3 N–H and O–H groups in total. The second-order valence-corrected chi connectivity index (χ2v) is 11.6. The number of hydrogen-bond donors (Lipinski definition) is 2. The van der Waals surface area contributed by atoms with Crippen molar-refractivity contribution in [3.05, 3.63) is 30.1 Å². The van der Waals surface area contributed by atoms with E-state index in [1.165, 1.54) is 11.0 Å². The number of ether oxygens (including phenoxy) is 1. The lowest BCUT2D eigenvalue weighted by Gasteiger charge is -2.34. The van der Waals surface area contributed by atoms with Gasteiger partial charge in [-0.25, -0.2) is 9.78 Å². The van der Waals surface area contributed by atoms with Crippen molar-refractivity contribution in [3.8, 4) is 11.4 Å². The minimum atomic E-state index is -3.04. The van der Waals surface area contributed by atoms with E-state index in [0.29, 0.717) is 27.5 Å². The molecule has 39 heavy (non-hydrogen) atoms. The Morgan fingerprint density at radius 1 is 1.33 bits per heavy atom. The van der Waals surface area contributed by atoms with Gasteiger partial charge in [0.1, 0.15) is 24.0 Å². The molecule has 0 radical (unpaired) electrons. The molecule has 2 aromatic rings. The number of nitrogens with one attached hydrogen (secondary N) is 1. The number of fused-ring (bicyclic) bond motifs is 2. The van der Waals surface area contributed by atoms with Crippen LogP contribution in [-0.2, 0) is 31.6 Å². The Bertz CT molecular complexity index is 1420. The van der Waals surface area contributed by atoms with Crippen LogP contribution in [0.25, 0.3) is 11.4 Å². The number of benzene rings is 1. The maximum atomic E-state index is 14.3. The molecule has 1 aromatic carbocycles. The van der Waals surface area contributed by atoms with Crippen LogP contribution in [0.5, 0.6) is 0 Å². The van der Waals surface area contributed by atoms with Crippen LogP contribution in [0, 0.1) is 5.92 Å². The standard InChI is InChI=1S/C27H37N7O5/c1-15(2)10-19(33(7)25(38)39-26(3,4)5)23(36)34-13-27(12-20(34)21(28)35)17-11-16(22-29-14-32(6)31-22)8-9-18(17)30-24(27)37/h8-9,11,14-15,19-20H,10,12-13H2,1-7H3,(H2,28,35)(H,30,37)/t19-,20-,27-/m0/s1/i7D3. The predicted molar refractivity (Wildman–Crippen MR) is 143 cm³/mol. The molecule has 1 aromatic heterocycles. The van der Waals surface area contributed by atoms with E-state index < -0.39 is 53.9 Å². The molecule has 4 amide bonds. The van der Waals surface area contributed by atoms with Gasteiger partial charge >= 0.3 is 6.09 Å². The Balaban J connectivity index is 1.78. The van der Waals surface area contributed by atoms with Crippen molar-refractivity contribution < 1.29 is 28.0 Å². The smallest absolute Gasteiger partial charge is 0.410 e. The van der Waals surface area contributed by atoms with Gasteiger partial charge in [0, 0.05) is 35.9 Å². The number of likely N-dealkylation sites (N-methyl/N-ethyl adjacent to an activating group) is 1. The zero-order valence-electron chi connectivity index (χ0n) is 26.0. The first-order chi connectivity index (χ1) is 19.3. The lowest BCUT2D eigenvalue weighted by molar-refractivity contribution is -0.142. The van der Waals surface area contributed by atoms with E-state index in [1.807, 2.05) is 0 Å². The number of amides is 4. The van der Waals surface area contributed by atoms with Crippen LogP contribution in [0.2, 0.25) is 0 Å². The van der Waals surface area contributed by atoms with Crippen LogP contribution < -0.4 is 11.1 Å². The monoisotopic (exact) mass is 542 g/mol. The molecule has 12 heteroatoms. The number of rotatable bonds is 6. The highest BCUT2D eigenvalue weighted by Gasteiger charge is 2.58. The molecule has 210 valence electrons. The highest BCUT2D eigenvalue weighted by molar-refractivity contribution is 6.08. The topological polar surface area (TPSA) is 153 Å². The van der Waals surface area contributed by atoms with Gasteiger partial charge in [-0.05, 0) is 63.3 Å². The Labute approximate surface area is 232 Å². The number of nitrogens with two attached hydrogens (primary N) is 1. The van der Waals surface area contributed by atoms with E-state index in [2.05, 4.69) is 15.4 Å². The number of nitrogens with zero attached hydrogens (tertiary/aromatic N) is 5. The molecule has 2 aliphatic heterocycles. The third kappa shape index (κ3) is 5.32. The van der Waals surface area contributed by atoms with E-state index in [9.17, 15) is 19.2 Å². The molecule has 1 saturated heterocycles. The van der Waals surface area contributed by atoms with Gasteiger partial charge in [-0.15, -0.1) is 0 Å². The van der Waals surface area contributed by atoms with Gasteiger partial charge in [0.25, 0.3) is 0 Å². The summed E-state index contributed by atoms with van der Waals surface area (Å²) in [7, 11) is 1.72. The highest BCUT2D eigenvalue weighted by Crippen LogP contribution is 2.47. The summed E-state index contributed by atoms with van der Waals surface area (Å²) in [4.78, 5) is 59.6. The highest BCUT2D eigenvalue weighted by atomic mass is 16.6. The second-order valence-electron chi connectivity index (χ2n) is 11.6. The molecule has 1 fully saturated rings. The van der Waals surface area contributed by atoms with Crippen LogP contribution in [0.3, 0.4) is 0 Å². The molecule has 3 atom stereocenters. The Hall–Kier alpha value is -3.96. The first-order valence-electron chi connectivity index (χ1n) is 14.3. The summed E-state index contributed by atoms with van der Waals surface area (Å²) in [5.74, 6) is -1.89. The van der Waals surface area contributed by atoms with Crippen LogP contribution in [0.1, 0.15) is 57.1 Å². The predicted octanol–water partition coefficient (Wildman–Crippen LogP) is 2.04. The number of likely N-dealkylation sites (tertiary alicyclic amines) is 1. The van der Waals surface area contributed by atoms with Crippen molar-refractivity contribution in [1.82, 2.24) is 24.6 Å². The quantitative estimate of drug-likeness (QED) is 0.566. The fourth-order valence-electron chi connectivity index (χ4n) is 5.17. The maximum absolute atomic E-state index is 14.3. The molecule has 1 spiro atoms. The van der Waals surface area contributed by atoms with Crippen molar-refractivity contribution in [2.75, 3.05) is 18.8 Å². The zero-order valence-corrected chi connectivity index (χ0v) is 23.0. The molecule has 3 heterocycles. The number of anilines is 1. The summed E-state index contributed by atoms with van der Waals surface area (Å²) >= 11 is 0. The van der Waals surface area contributed by atoms with Gasteiger partial charge in [0.05, 0.1) is 5.41 Å². The zero-order chi connectivity index (χ0) is 31.4. The summed E-state index contributed by atoms with van der Waals surface area (Å²) in [5.41, 5.74) is 5.06. The van der Waals surface area contributed by atoms with E-state index in [1.54, 1.807) is 59.9 Å². The van der Waals surface area contributed by atoms with Crippen LogP contribution in [0.15, 0.2) is 24.5 Å². The van der Waals surface area contributed by atoms with Crippen molar-refractivity contribution in [1.29, 1.82) is 0 Å². The summed E-state index contributed by atoms with van der Waals surface area (Å²) in [5, 5.41) is 7.16. The summed E-state index contributed by atoms with van der Waals surface area (Å²) in [6.07, 6.45) is 0.184. The van der Waals surface area contributed by atoms with Crippen molar-refractivity contribution in [2.45, 2.75) is 70.6 Å². The Morgan fingerprint density at radius 3 is 2.62 bits per heavy atom. The van der Waals surface area contributed by atoms with Crippen LogP contribution >= 0.6 is 0 Å². The number of hydrogen-bond acceptors (Lipinski definition) is 7. The molecule has 4 rings (SSSR count). The van der Waals surface area contributed by atoms with E-state index >= 15 is 0 Å². The van der Waals surface area contributed by atoms with Gasteiger partial charge in [0.2, 0.25) is 17.7 Å². The van der Waals surface area contributed by atoms with Crippen molar-refractivity contribution in [2.24, 2.45) is 18.7 Å². The SMILES string of the molecule is [2H]C([2H])([2H])N(C(=O)OC(C)(C)C)[C@@H](CC(C)C)C(=O)N1C[C@]2(C[C@H]1C(N)=O)C(=O)Nc1ccc(-c3ncn(C)n3)cc12. The average molecular weight is 543 g/mol. The molecular formula is C27H37N7O5. The number of primary amides is 1. The fourth-order valence-corrected chi connectivity index (χ4v) is 5.17. The minimum Gasteiger partial charge on any atom is -0.444 e. The van der Waals surface area contributed by atoms with Crippen molar-refractivity contribution >= 4 is 29.5 Å². The second kappa shape index (κ2) is 9.97. The summed E-state index contributed by atoms with van der Waals surface area (Å²) < 4.78 is 31.3. The molecule has 0 bridgehead atoms. The van der Waals surface area contributed by atoms with E-state index in [0.717, 1.165) is 4.90 Å². The van der Waals surface area contributed by atoms with Gasteiger partial charge < -0.3 is 20.7 Å². The maximum Gasteiger partial charge on any atom is 0.410 e. The van der Waals surface area contributed by atoms with Crippen LogP contribution in [0.4, 0.5) is 10.5 Å². The molecule has 2 aliphatic rings. The largest absolute Gasteiger partial charge is 0.444 e. The first kappa shape index (κ1) is 24.1. The number of carbonyl (C=O) groups excluding carboxylic acids is 4. The normalized spacial score (nSPS) is 22.6. The number of aryl methyl sites for hydroxylation is 1. The third-order valence-electron chi connectivity index (χ3n) is 6.93. The molecule has 0 saturated carbocycles. The Kier molecular flexibility index (Phi) is 6.16. The van der Waals surface area contributed by atoms with Gasteiger partial charge in [-0.2, -0.15) is 5.10 Å². The lowest BCUT2D eigenvalue weighted by Crippen LogP contribution is -2.54. The molecule has 0 unspecified atom stereocenters. The number of carbonyl (C=O) groups is 4. The molecule has 12 nitrogen and oxygen atoms in total. The van der Waals surface area contributed by atoms with Gasteiger partial charge in [-0.1, -0.05) is 13.8 Å². The molecular weight excluding hydrogens is 502 g/mol.